The fourth-order valence-corrected chi connectivity index (χ4v) is 4.35. The maximum atomic E-state index is 13.5. The van der Waals surface area contributed by atoms with Crippen LogP contribution in [0, 0.1) is 0 Å². The number of hydrogen-bond donors (Lipinski definition) is 1. The molecule has 4 rings (SSSR count). The molecule has 1 atom stereocenters. The zero-order valence-corrected chi connectivity index (χ0v) is 19.1. The molecule has 1 N–H and O–H groups in total. The van der Waals surface area contributed by atoms with E-state index in [1.807, 2.05) is 42.5 Å². The standard InChI is InChI=1S/C22H24N6O3S/c1-14(19(29)28-18-8-6-5-7-17(18)23-20(30)22(28,2)3)32-21-24-25-26-27(21)13-15-9-11-16(31-4)12-10-15/h5-12,14H,13H2,1-4H3,(H,23,30). The van der Waals surface area contributed by atoms with E-state index in [-0.39, 0.29) is 11.8 Å². The number of fused-ring (bicyclic) bond motifs is 1. The number of amides is 2. The number of para-hydroxylation sites is 2. The summed E-state index contributed by atoms with van der Waals surface area (Å²) in [6.07, 6.45) is 0. The molecule has 1 aromatic heterocycles. The number of carbonyl (C=O) groups excluding carboxylic acids is 2. The average Bonchev–Trinajstić information content (AvgIpc) is 3.21. The summed E-state index contributed by atoms with van der Waals surface area (Å²) in [5.41, 5.74) is 1.26. The van der Waals surface area contributed by atoms with Gasteiger partial charge in [-0.2, -0.15) is 0 Å². The van der Waals surface area contributed by atoms with E-state index >= 15 is 0 Å². The van der Waals surface area contributed by atoms with Crippen molar-refractivity contribution < 1.29 is 14.3 Å². The maximum absolute atomic E-state index is 13.5. The van der Waals surface area contributed by atoms with Crippen LogP contribution in [-0.2, 0) is 16.1 Å². The lowest BCUT2D eigenvalue weighted by Gasteiger charge is -2.43. The minimum absolute atomic E-state index is 0.193. The fraction of sp³-hybridized carbons (Fsp3) is 0.318. The number of thioether (sulfide) groups is 1. The Labute approximate surface area is 190 Å². The number of nitrogens with zero attached hydrogens (tertiary/aromatic N) is 5. The van der Waals surface area contributed by atoms with Crippen molar-refractivity contribution in [3.63, 3.8) is 0 Å². The Balaban J connectivity index is 1.55. The van der Waals surface area contributed by atoms with Crippen molar-refractivity contribution in [2.45, 2.75) is 43.3 Å². The minimum atomic E-state index is -1.03. The third-order valence-corrected chi connectivity index (χ3v) is 6.41. The molecule has 0 saturated carbocycles. The van der Waals surface area contributed by atoms with Gasteiger partial charge in [-0.1, -0.05) is 36.0 Å². The maximum Gasteiger partial charge on any atom is 0.250 e. The molecule has 0 saturated heterocycles. The van der Waals surface area contributed by atoms with E-state index in [1.165, 1.54) is 11.8 Å². The van der Waals surface area contributed by atoms with Gasteiger partial charge in [0.2, 0.25) is 17.0 Å². The molecule has 166 valence electrons. The molecule has 2 aromatic carbocycles. The largest absolute Gasteiger partial charge is 0.497 e. The van der Waals surface area contributed by atoms with Crippen molar-refractivity contribution in [1.29, 1.82) is 0 Å². The predicted octanol–water partition coefficient (Wildman–Crippen LogP) is 2.97. The number of anilines is 2. The lowest BCUT2D eigenvalue weighted by Crippen LogP contribution is -2.60. The Bertz CT molecular complexity index is 1140. The van der Waals surface area contributed by atoms with E-state index in [0.717, 1.165) is 11.3 Å². The van der Waals surface area contributed by atoms with Gasteiger partial charge in [-0.05, 0) is 61.0 Å². The molecule has 0 bridgehead atoms. The Kier molecular flexibility index (Phi) is 5.88. The van der Waals surface area contributed by atoms with E-state index in [0.29, 0.717) is 23.1 Å². The van der Waals surface area contributed by atoms with Gasteiger partial charge in [0.15, 0.2) is 0 Å². The van der Waals surface area contributed by atoms with Crippen molar-refractivity contribution in [1.82, 2.24) is 20.2 Å². The van der Waals surface area contributed by atoms with Crippen LogP contribution in [0.3, 0.4) is 0 Å². The van der Waals surface area contributed by atoms with Crippen molar-refractivity contribution in [2.75, 3.05) is 17.3 Å². The predicted molar refractivity (Wildman–Crippen MR) is 122 cm³/mol. The van der Waals surface area contributed by atoms with Gasteiger partial charge in [-0.25, -0.2) is 4.68 Å². The highest BCUT2D eigenvalue weighted by atomic mass is 32.2. The molecule has 2 heterocycles. The zero-order valence-electron chi connectivity index (χ0n) is 18.3. The minimum Gasteiger partial charge on any atom is -0.497 e. The number of ether oxygens (including phenoxy) is 1. The summed E-state index contributed by atoms with van der Waals surface area (Å²) in [5.74, 6) is 0.347. The van der Waals surface area contributed by atoms with E-state index in [9.17, 15) is 9.59 Å². The summed E-state index contributed by atoms with van der Waals surface area (Å²) < 4.78 is 6.84. The van der Waals surface area contributed by atoms with Crippen LogP contribution in [0.1, 0.15) is 26.3 Å². The molecule has 1 aliphatic rings. The van der Waals surface area contributed by atoms with Gasteiger partial charge in [-0.15, -0.1) is 5.10 Å². The van der Waals surface area contributed by atoms with Gasteiger partial charge in [0.25, 0.3) is 0 Å². The highest BCUT2D eigenvalue weighted by Gasteiger charge is 2.45. The smallest absolute Gasteiger partial charge is 0.250 e. The SMILES string of the molecule is COc1ccc(Cn2nnnc2SC(C)C(=O)N2c3ccccc3NC(=O)C2(C)C)cc1. The van der Waals surface area contributed by atoms with E-state index in [1.54, 1.807) is 43.5 Å². The third-order valence-electron chi connectivity index (χ3n) is 5.35. The van der Waals surface area contributed by atoms with Gasteiger partial charge in [0.05, 0.1) is 30.3 Å². The van der Waals surface area contributed by atoms with Crippen LogP contribution >= 0.6 is 11.8 Å². The highest BCUT2D eigenvalue weighted by Crippen LogP contribution is 2.38. The molecule has 10 heteroatoms. The molecule has 3 aromatic rings. The molecule has 0 fully saturated rings. The average molecular weight is 453 g/mol. The van der Waals surface area contributed by atoms with Crippen LogP contribution in [0.15, 0.2) is 53.7 Å². The first-order chi connectivity index (χ1) is 15.3. The molecule has 0 radical (unpaired) electrons. The van der Waals surface area contributed by atoms with Gasteiger partial charge in [0, 0.05) is 0 Å². The number of methoxy groups -OCH3 is 1. The second-order valence-electron chi connectivity index (χ2n) is 7.93. The first-order valence-electron chi connectivity index (χ1n) is 10.1. The number of rotatable bonds is 6. The van der Waals surface area contributed by atoms with Gasteiger partial charge < -0.3 is 10.1 Å². The molecule has 32 heavy (non-hydrogen) atoms. The van der Waals surface area contributed by atoms with Crippen molar-refractivity contribution in [3.05, 3.63) is 54.1 Å². The third kappa shape index (κ3) is 4.05. The molecule has 2 amide bonds. The fourth-order valence-electron chi connectivity index (χ4n) is 3.52. The van der Waals surface area contributed by atoms with Gasteiger partial charge in [-0.3, -0.25) is 14.5 Å². The van der Waals surface area contributed by atoms with Crippen molar-refractivity contribution in [3.8, 4) is 5.75 Å². The Morgan fingerprint density at radius 2 is 1.91 bits per heavy atom. The number of aromatic nitrogens is 4. The Morgan fingerprint density at radius 3 is 2.62 bits per heavy atom. The van der Waals surface area contributed by atoms with Gasteiger partial charge >= 0.3 is 0 Å². The summed E-state index contributed by atoms with van der Waals surface area (Å²) in [4.78, 5) is 27.8. The number of hydrogen-bond acceptors (Lipinski definition) is 7. The van der Waals surface area contributed by atoms with E-state index in [4.69, 9.17) is 4.74 Å². The van der Waals surface area contributed by atoms with E-state index in [2.05, 4.69) is 20.8 Å². The molecular formula is C22H24N6O3S. The number of benzene rings is 2. The van der Waals surface area contributed by atoms with Crippen LogP contribution in [-0.4, -0.2) is 49.9 Å². The molecule has 9 nitrogen and oxygen atoms in total. The highest BCUT2D eigenvalue weighted by molar-refractivity contribution is 8.00. The molecule has 0 aliphatic carbocycles. The van der Waals surface area contributed by atoms with Crippen molar-refractivity contribution >= 4 is 35.0 Å². The van der Waals surface area contributed by atoms with E-state index < -0.39 is 10.8 Å². The number of carbonyl (C=O) groups is 2. The van der Waals surface area contributed by atoms with Crippen molar-refractivity contribution in [2.24, 2.45) is 0 Å². The topological polar surface area (TPSA) is 102 Å². The Hall–Kier alpha value is -3.40. The van der Waals surface area contributed by atoms with Crippen LogP contribution < -0.4 is 15.0 Å². The second kappa shape index (κ2) is 8.62. The molecule has 1 aliphatic heterocycles. The molecule has 0 spiro atoms. The van der Waals surface area contributed by atoms with Crippen LogP contribution in [0.5, 0.6) is 5.75 Å². The molecule has 1 unspecified atom stereocenters. The second-order valence-corrected chi connectivity index (χ2v) is 9.24. The first kappa shape index (κ1) is 21.8. The lowest BCUT2D eigenvalue weighted by atomic mass is 9.96. The zero-order chi connectivity index (χ0) is 22.9. The monoisotopic (exact) mass is 452 g/mol. The number of nitrogens with one attached hydrogen (secondary N) is 1. The van der Waals surface area contributed by atoms with Crippen LogP contribution in [0.2, 0.25) is 0 Å². The van der Waals surface area contributed by atoms with Gasteiger partial charge in [0.1, 0.15) is 11.3 Å². The van der Waals surface area contributed by atoms with Crippen LogP contribution in [0.25, 0.3) is 0 Å². The summed E-state index contributed by atoms with van der Waals surface area (Å²) >= 11 is 1.26. The number of tetrazole rings is 1. The summed E-state index contributed by atoms with van der Waals surface area (Å²) in [7, 11) is 1.62. The normalized spacial score (nSPS) is 15.6. The summed E-state index contributed by atoms with van der Waals surface area (Å²) in [5, 5.41) is 14.8. The first-order valence-corrected chi connectivity index (χ1v) is 11.0. The summed E-state index contributed by atoms with van der Waals surface area (Å²) in [6.45, 7) is 5.73. The van der Waals surface area contributed by atoms with Crippen LogP contribution in [0.4, 0.5) is 11.4 Å². The quantitative estimate of drug-likeness (QED) is 0.574. The Morgan fingerprint density at radius 1 is 1.19 bits per heavy atom. The summed E-state index contributed by atoms with van der Waals surface area (Å²) in [6, 6.07) is 14.9. The lowest BCUT2D eigenvalue weighted by molar-refractivity contribution is -0.126. The molecular weight excluding hydrogens is 428 g/mol.